The van der Waals surface area contributed by atoms with Gasteiger partial charge < -0.3 is 14.6 Å². The Morgan fingerprint density at radius 2 is 1.79 bits per heavy atom. The molecule has 7 heteroatoms. The number of imidazole rings is 1. The fraction of sp³-hybridized carbons (Fsp3) is 0.148. The van der Waals surface area contributed by atoms with Crippen LogP contribution >= 0.6 is 0 Å². The average molecular weight is 452 g/mol. The van der Waals surface area contributed by atoms with Crippen molar-refractivity contribution in [1.82, 2.24) is 24.6 Å². The van der Waals surface area contributed by atoms with Crippen LogP contribution in [-0.4, -0.2) is 32.3 Å². The fourth-order valence-corrected chi connectivity index (χ4v) is 4.03. The molecule has 34 heavy (non-hydrogen) atoms. The van der Waals surface area contributed by atoms with Crippen molar-refractivity contribution in [2.24, 2.45) is 7.05 Å². The minimum absolute atomic E-state index is 0.204. The van der Waals surface area contributed by atoms with Crippen LogP contribution in [0.3, 0.4) is 0 Å². The van der Waals surface area contributed by atoms with Crippen molar-refractivity contribution in [3.63, 3.8) is 0 Å². The van der Waals surface area contributed by atoms with Crippen LogP contribution in [0.4, 0.5) is 0 Å². The molecule has 0 bridgehead atoms. The summed E-state index contributed by atoms with van der Waals surface area (Å²) >= 11 is 0. The highest BCUT2D eigenvalue weighted by Gasteiger charge is 2.19. The molecule has 1 N–H and O–H groups in total. The summed E-state index contributed by atoms with van der Waals surface area (Å²) in [7, 11) is 3.58. The van der Waals surface area contributed by atoms with Crippen LogP contribution in [0, 0.1) is 0 Å². The van der Waals surface area contributed by atoms with E-state index in [9.17, 15) is 4.79 Å². The molecule has 0 atom stereocenters. The van der Waals surface area contributed by atoms with E-state index < -0.39 is 0 Å². The standard InChI is InChI=1S/C27H25N5O2/c1-31-24-14-7-6-13-23(24)29-25(31)16-28-27(33)22-18-32(17-19-9-4-3-5-10-19)30-26(22)20-11-8-12-21(15-20)34-2/h3-15,18H,16-17H2,1-2H3,(H,28,33). The summed E-state index contributed by atoms with van der Waals surface area (Å²) in [6, 6.07) is 25.5. The van der Waals surface area contributed by atoms with E-state index in [2.05, 4.69) is 10.3 Å². The Bertz CT molecular complexity index is 1450. The monoisotopic (exact) mass is 451 g/mol. The van der Waals surface area contributed by atoms with E-state index in [0.717, 1.165) is 28.0 Å². The van der Waals surface area contributed by atoms with Crippen LogP contribution in [0.1, 0.15) is 21.7 Å². The lowest BCUT2D eigenvalue weighted by molar-refractivity contribution is 0.0950. The van der Waals surface area contributed by atoms with Gasteiger partial charge in [-0.1, -0.05) is 54.6 Å². The minimum atomic E-state index is -0.204. The maximum absolute atomic E-state index is 13.3. The number of nitrogens with zero attached hydrogens (tertiary/aromatic N) is 4. The number of methoxy groups -OCH3 is 1. The molecular formula is C27H25N5O2. The van der Waals surface area contributed by atoms with Crippen LogP contribution in [0.2, 0.25) is 0 Å². The van der Waals surface area contributed by atoms with Crippen LogP contribution in [-0.2, 0) is 20.1 Å². The predicted octanol–water partition coefficient (Wildman–Crippen LogP) is 4.42. The van der Waals surface area contributed by atoms with Gasteiger partial charge in [0.2, 0.25) is 0 Å². The summed E-state index contributed by atoms with van der Waals surface area (Å²) in [4.78, 5) is 18.0. The zero-order valence-electron chi connectivity index (χ0n) is 19.1. The van der Waals surface area contributed by atoms with Gasteiger partial charge in [-0.2, -0.15) is 5.10 Å². The lowest BCUT2D eigenvalue weighted by Gasteiger charge is -2.07. The van der Waals surface area contributed by atoms with E-state index >= 15 is 0 Å². The Kier molecular flexibility index (Phi) is 5.82. The number of hydrogen-bond donors (Lipinski definition) is 1. The Balaban J connectivity index is 1.45. The van der Waals surface area contributed by atoms with Gasteiger partial charge in [0.15, 0.2) is 0 Å². The SMILES string of the molecule is COc1cccc(-c2nn(Cc3ccccc3)cc2C(=O)NCc2nc3ccccc3n2C)c1. The van der Waals surface area contributed by atoms with Gasteiger partial charge in [-0.3, -0.25) is 9.48 Å². The van der Waals surface area contributed by atoms with Crippen molar-refractivity contribution in [2.45, 2.75) is 13.1 Å². The maximum Gasteiger partial charge on any atom is 0.255 e. The van der Waals surface area contributed by atoms with E-state index in [1.54, 1.807) is 18.0 Å². The van der Waals surface area contributed by atoms with E-state index in [1.165, 1.54) is 0 Å². The summed E-state index contributed by atoms with van der Waals surface area (Å²) in [6.07, 6.45) is 1.80. The highest BCUT2D eigenvalue weighted by Crippen LogP contribution is 2.26. The fourth-order valence-electron chi connectivity index (χ4n) is 4.03. The second kappa shape index (κ2) is 9.23. The number of benzene rings is 3. The lowest BCUT2D eigenvalue weighted by atomic mass is 10.1. The first-order chi connectivity index (χ1) is 16.6. The first-order valence-electron chi connectivity index (χ1n) is 11.1. The molecule has 0 aliphatic rings. The smallest absolute Gasteiger partial charge is 0.255 e. The lowest BCUT2D eigenvalue weighted by Crippen LogP contribution is -2.24. The molecule has 0 fully saturated rings. The highest BCUT2D eigenvalue weighted by atomic mass is 16.5. The van der Waals surface area contributed by atoms with Gasteiger partial charge in [0.1, 0.15) is 17.3 Å². The van der Waals surface area contributed by atoms with Crippen LogP contribution in [0.15, 0.2) is 85.1 Å². The zero-order chi connectivity index (χ0) is 23.5. The number of aryl methyl sites for hydroxylation is 1. The van der Waals surface area contributed by atoms with Gasteiger partial charge in [0.25, 0.3) is 5.91 Å². The largest absolute Gasteiger partial charge is 0.497 e. The number of carbonyl (C=O) groups excluding carboxylic acids is 1. The Morgan fingerprint density at radius 1 is 1.00 bits per heavy atom. The molecule has 5 aromatic rings. The van der Waals surface area contributed by atoms with Gasteiger partial charge in [0, 0.05) is 18.8 Å². The normalized spacial score (nSPS) is 11.0. The van der Waals surface area contributed by atoms with Crippen molar-refractivity contribution in [3.05, 3.63) is 102 Å². The molecule has 1 amide bonds. The molecule has 2 aromatic heterocycles. The summed E-state index contributed by atoms with van der Waals surface area (Å²) in [5.41, 5.74) is 4.97. The summed E-state index contributed by atoms with van der Waals surface area (Å²) in [5.74, 6) is 1.29. The number of fused-ring (bicyclic) bond motifs is 1. The molecule has 0 unspecified atom stereocenters. The number of aromatic nitrogens is 4. The second-order valence-corrected chi connectivity index (χ2v) is 8.06. The van der Waals surface area contributed by atoms with Gasteiger partial charge >= 0.3 is 0 Å². The highest BCUT2D eigenvalue weighted by molar-refractivity contribution is 5.99. The van der Waals surface area contributed by atoms with E-state index in [-0.39, 0.29) is 5.91 Å². The topological polar surface area (TPSA) is 74.0 Å². The molecule has 0 spiro atoms. The maximum atomic E-state index is 13.3. The second-order valence-electron chi connectivity index (χ2n) is 8.06. The summed E-state index contributed by atoms with van der Waals surface area (Å²) in [5, 5.41) is 7.79. The molecule has 3 aromatic carbocycles. The zero-order valence-corrected chi connectivity index (χ0v) is 19.1. The first-order valence-corrected chi connectivity index (χ1v) is 11.1. The molecule has 2 heterocycles. The van der Waals surface area contributed by atoms with Gasteiger partial charge in [-0.15, -0.1) is 0 Å². The molecule has 0 aliphatic carbocycles. The van der Waals surface area contributed by atoms with Crippen molar-refractivity contribution in [2.75, 3.05) is 7.11 Å². The van der Waals surface area contributed by atoms with E-state index in [4.69, 9.17) is 9.84 Å². The summed E-state index contributed by atoms with van der Waals surface area (Å²) in [6.45, 7) is 0.876. The van der Waals surface area contributed by atoms with Crippen molar-refractivity contribution in [1.29, 1.82) is 0 Å². The molecule has 7 nitrogen and oxygen atoms in total. The van der Waals surface area contributed by atoms with Gasteiger partial charge in [-0.05, 0) is 29.8 Å². The molecule has 5 rings (SSSR count). The summed E-state index contributed by atoms with van der Waals surface area (Å²) < 4.78 is 9.18. The third kappa shape index (κ3) is 4.28. The quantitative estimate of drug-likeness (QED) is 0.397. The van der Waals surface area contributed by atoms with Crippen LogP contribution in [0.25, 0.3) is 22.3 Å². The van der Waals surface area contributed by atoms with Crippen LogP contribution in [0.5, 0.6) is 5.75 Å². The molecule has 170 valence electrons. The Morgan fingerprint density at radius 3 is 2.59 bits per heavy atom. The third-order valence-corrected chi connectivity index (χ3v) is 5.82. The first kappa shape index (κ1) is 21.5. The number of hydrogen-bond acceptors (Lipinski definition) is 4. The van der Waals surface area contributed by atoms with Crippen molar-refractivity contribution < 1.29 is 9.53 Å². The number of amides is 1. The predicted molar refractivity (Wildman–Crippen MR) is 132 cm³/mol. The molecule has 0 radical (unpaired) electrons. The number of para-hydroxylation sites is 2. The average Bonchev–Trinajstić information content (AvgIpc) is 3.44. The van der Waals surface area contributed by atoms with Crippen LogP contribution < -0.4 is 10.1 Å². The van der Waals surface area contributed by atoms with Crippen molar-refractivity contribution in [3.8, 4) is 17.0 Å². The molecular weight excluding hydrogens is 426 g/mol. The van der Waals surface area contributed by atoms with E-state index in [0.29, 0.717) is 30.1 Å². The van der Waals surface area contributed by atoms with E-state index in [1.807, 2.05) is 90.5 Å². The Labute approximate surface area is 197 Å². The van der Waals surface area contributed by atoms with Crippen molar-refractivity contribution >= 4 is 16.9 Å². The number of rotatable bonds is 7. The number of ether oxygens (including phenoxy) is 1. The van der Waals surface area contributed by atoms with Gasteiger partial charge in [0.05, 0.1) is 36.8 Å². The molecule has 0 saturated heterocycles. The third-order valence-electron chi connectivity index (χ3n) is 5.82. The molecule has 0 aliphatic heterocycles. The van der Waals surface area contributed by atoms with Gasteiger partial charge in [-0.25, -0.2) is 4.98 Å². The minimum Gasteiger partial charge on any atom is -0.497 e. The number of carbonyl (C=O) groups is 1. The molecule has 0 saturated carbocycles. The number of nitrogens with one attached hydrogen (secondary N) is 1. The Hall–Kier alpha value is -4.39.